The third-order valence-corrected chi connectivity index (χ3v) is 5.46. The first-order valence-electron chi connectivity index (χ1n) is 6.83. The number of thiazole rings is 1. The van der Waals surface area contributed by atoms with Crippen LogP contribution in [0.2, 0.25) is 0 Å². The summed E-state index contributed by atoms with van der Waals surface area (Å²) in [5, 5.41) is 4.76. The van der Waals surface area contributed by atoms with Crippen molar-refractivity contribution in [2.24, 2.45) is 5.41 Å². The van der Waals surface area contributed by atoms with Gasteiger partial charge in [0.1, 0.15) is 0 Å². The van der Waals surface area contributed by atoms with Crippen molar-refractivity contribution in [2.75, 3.05) is 20.3 Å². The second-order valence-corrected chi connectivity index (χ2v) is 7.37. The molecule has 1 aromatic heterocycles. The molecule has 1 N–H and O–H groups in total. The molecule has 18 heavy (non-hydrogen) atoms. The third kappa shape index (κ3) is 2.22. The molecule has 2 unspecified atom stereocenters. The first-order valence-corrected chi connectivity index (χ1v) is 7.65. The Morgan fingerprint density at radius 1 is 1.44 bits per heavy atom. The zero-order chi connectivity index (χ0) is 12.8. The van der Waals surface area contributed by atoms with Gasteiger partial charge in [0, 0.05) is 23.4 Å². The number of hydrogen-bond donors (Lipinski definition) is 1. The molecule has 100 valence electrons. The lowest BCUT2D eigenvalue weighted by Crippen LogP contribution is -2.30. The Labute approximate surface area is 113 Å². The molecule has 3 rings (SSSR count). The van der Waals surface area contributed by atoms with E-state index in [2.05, 4.69) is 26.2 Å². The molecule has 1 saturated heterocycles. The lowest BCUT2D eigenvalue weighted by molar-refractivity contribution is 0.194. The Balaban J connectivity index is 1.92. The third-order valence-electron chi connectivity index (χ3n) is 4.09. The van der Waals surface area contributed by atoms with E-state index in [-0.39, 0.29) is 0 Å². The molecule has 0 spiro atoms. The van der Waals surface area contributed by atoms with Gasteiger partial charge in [-0.2, -0.15) is 0 Å². The topological polar surface area (TPSA) is 34.2 Å². The van der Waals surface area contributed by atoms with Crippen molar-refractivity contribution < 1.29 is 4.74 Å². The zero-order valence-corrected chi connectivity index (χ0v) is 12.3. The maximum atomic E-state index is 5.49. The van der Waals surface area contributed by atoms with E-state index in [9.17, 15) is 0 Å². The van der Waals surface area contributed by atoms with Gasteiger partial charge in [0.15, 0.2) is 0 Å². The summed E-state index contributed by atoms with van der Waals surface area (Å²) in [4.78, 5) is 6.40. The average Bonchev–Trinajstić information content (AvgIpc) is 2.93. The summed E-state index contributed by atoms with van der Waals surface area (Å²) in [6.45, 7) is 6.45. The number of nitrogens with one attached hydrogen (secondary N) is 1. The summed E-state index contributed by atoms with van der Waals surface area (Å²) in [7, 11) is 2.06. The van der Waals surface area contributed by atoms with Crippen LogP contribution in [-0.4, -0.2) is 25.2 Å². The van der Waals surface area contributed by atoms with E-state index in [1.54, 1.807) is 0 Å². The lowest BCUT2D eigenvalue weighted by Gasteiger charge is -2.34. The van der Waals surface area contributed by atoms with Crippen molar-refractivity contribution in [3.05, 3.63) is 15.6 Å². The Kier molecular flexibility index (Phi) is 3.20. The summed E-state index contributed by atoms with van der Waals surface area (Å²) in [5.41, 5.74) is 1.69. The number of ether oxygens (including phenoxy) is 1. The molecule has 2 aliphatic rings. The maximum absolute atomic E-state index is 5.49. The molecule has 0 radical (unpaired) electrons. The summed E-state index contributed by atoms with van der Waals surface area (Å²) in [5.74, 6) is 0.543. The molecule has 0 bridgehead atoms. The molecule has 0 amide bonds. The van der Waals surface area contributed by atoms with Crippen LogP contribution < -0.4 is 5.32 Å². The van der Waals surface area contributed by atoms with E-state index in [0.29, 0.717) is 17.4 Å². The number of rotatable bonds is 2. The minimum atomic E-state index is 0.359. The molecule has 3 nitrogen and oxygen atoms in total. The van der Waals surface area contributed by atoms with Gasteiger partial charge in [0.25, 0.3) is 0 Å². The molecule has 1 aliphatic heterocycles. The Morgan fingerprint density at radius 2 is 2.28 bits per heavy atom. The van der Waals surface area contributed by atoms with Crippen molar-refractivity contribution in [3.8, 4) is 0 Å². The van der Waals surface area contributed by atoms with Crippen LogP contribution in [0.5, 0.6) is 0 Å². The summed E-state index contributed by atoms with van der Waals surface area (Å²) < 4.78 is 5.49. The molecule has 2 heterocycles. The number of hydrogen-bond acceptors (Lipinski definition) is 4. The largest absolute Gasteiger partial charge is 0.381 e. The summed E-state index contributed by atoms with van der Waals surface area (Å²) >= 11 is 1.91. The van der Waals surface area contributed by atoms with Crippen LogP contribution in [-0.2, 0) is 11.2 Å². The second kappa shape index (κ2) is 4.58. The molecule has 4 heteroatoms. The van der Waals surface area contributed by atoms with E-state index in [0.717, 1.165) is 26.1 Å². The normalized spacial score (nSPS) is 30.4. The number of aromatic nitrogens is 1. The highest BCUT2D eigenvalue weighted by molar-refractivity contribution is 7.12. The van der Waals surface area contributed by atoms with E-state index < -0.39 is 0 Å². The summed E-state index contributed by atoms with van der Waals surface area (Å²) in [6.07, 6.45) is 3.46. The van der Waals surface area contributed by atoms with Crippen LogP contribution in [0.25, 0.3) is 0 Å². The van der Waals surface area contributed by atoms with Crippen molar-refractivity contribution in [1.82, 2.24) is 10.3 Å². The highest BCUT2D eigenvalue weighted by Gasteiger charge is 2.35. The first kappa shape index (κ1) is 12.6. The molecular formula is C14H22N2OS. The molecule has 1 aromatic rings. The van der Waals surface area contributed by atoms with E-state index in [4.69, 9.17) is 9.72 Å². The fourth-order valence-electron chi connectivity index (χ4n) is 3.09. The van der Waals surface area contributed by atoms with E-state index in [1.807, 2.05) is 11.3 Å². The van der Waals surface area contributed by atoms with Gasteiger partial charge in [0.2, 0.25) is 0 Å². The zero-order valence-electron chi connectivity index (χ0n) is 11.5. The highest BCUT2D eigenvalue weighted by Crippen LogP contribution is 2.44. The molecule has 1 aliphatic carbocycles. The van der Waals surface area contributed by atoms with Crippen molar-refractivity contribution in [1.29, 1.82) is 0 Å². The van der Waals surface area contributed by atoms with Gasteiger partial charge in [-0.3, -0.25) is 0 Å². The first-order chi connectivity index (χ1) is 8.59. The van der Waals surface area contributed by atoms with Gasteiger partial charge in [0.05, 0.1) is 17.3 Å². The number of nitrogens with zero attached hydrogens (tertiary/aromatic N) is 1. The van der Waals surface area contributed by atoms with E-state index >= 15 is 0 Å². The standard InChI is InChI=1S/C14H22N2OS/c1-14(2)6-10(15-3)12-11(7-14)16-13(18-12)9-4-5-17-8-9/h9-10,15H,4-8H2,1-3H3. The van der Waals surface area contributed by atoms with Crippen LogP contribution in [0.1, 0.15) is 54.2 Å². The van der Waals surface area contributed by atoms with Gasteiger partial charge in [-0.15, -0.1) is 11.3 Å². The molecule has 0 saturated carbocycles. The predicted octanol–water partition coefficient (Wildman–Crippen LogP) is 2.88. The van der Waals surface area contributed by atoms with Crippen molar-refractivity contribution >= 4 is 11.3 Å². The lowest BCUT2D eigenvalue weighted by atomic mass is 9.76. The van der Waals surface area contributed by atoms with Gasteiger partial charge < -0.3 is 10.1 Å². The van der Waals surface area contributed by atoms with Crippen LogP contribution in [0, 0.1) is 5.41 Å². The Bertz CT molecular complexity index is 435. The van der Waals surface area contributed by atoms with Crippen LogP contribution in [0.15, 0.2) is 0 Å². The number of fused-ring (bicyclic) bond motifs is 1. The smallest absolute Gasteiger partial charge is 0.0986 e. The van der Waals surface area contributed by atoms with Crippen molar-refractivity contribution in [2.45, 2.75) is 45.1 Å². The second-order valence-electron chi connectivity index (χ2n) is 6.31. The molecular weight excluding hydrogens is 244 g/mol. The minimum absolute atomic E-state index is 0.359. The van der Waals surface area contributed by atoms with Crippen LogP contribution >= 0.6 is 11.3 Å². The molecule has 1 fully saturated rings. The molecule has 0 aromatic carbocycles. The van der Waals surface area contributed by atoms with E-state index in [1.165, 1.54) is 22.0 Å². The maximum Gasteiger partial charge on any atom is 0.0986 e. The Hall–Kier alpha value is -0.450. The monoisotopic (exact) mass is 266 g/mol. The van der Waals surface area contributed by atoms with Crippen molar-refractivity contribution in [3.63, 3.8) is 0 Å². The highest BCUT2D eigenvalue weighted by atomic mass is 32.1. The van der Waals surface area contributed by atoms with Crippen LogP contribution in [0.3, 0.4) is 0 Å². The Morgan fingerprint density at radius 3 is 2.94 bits per heavy atom. The fraction of sp³-hybridized carbons (Fsp3) is 0.786. The van der Waals surface area contributed by atoms with Gasteiger partial charge >= 0.3 is 0 Å². The quantitative estimate of drug-likeness (QED) is 0.894. The van der Waals surface area contributed by atoms with Gasteiger partial charge in [-0.05, 0) is 31.7 Å². The minimum Gasteiger partial charge on any atom is -0.381 e. The average molecular weight is 266 g/mol. The SMILES string of the molecule is CNC1CC(C)(C)Cc2nc(C3CCOC3)sc21. The fourth-order valence-corrected chi connectivity index (χ4v) is 4.40. The predicted molar refractivity (Wildman–Crippen MR) is 74.2 cm³/mol. The summed E-state index contributed by atoms with van der Waals surface area (Å²) in [6, 6.07) is 0.484. The van der Waals surface area contributed by atoms with Gasteiger partial charge in [-0.1, -0.05) is 13.8 Å². The van der Waals surface area contributed by atoms with Gasteiger partial charge in [-0.25, -0.2) is 4.98 Å². The van der Waals surface area contributed by atoms with Crippen LogP contribution in [0.4, 0.5) is 0 Å². The molecule has 2 atom stereocenters.